The number of halogens is 3. The number of alkyl halides is 3. The molecular formula is C17H17F3N3O2+. The van der Waals surface area contributed by atoms with Gasteiger partial charge in [0.15, 0.2) is 0 Å². The predicted octanol–water partition coefficient (Wildman–Crippen LogP) is 2.61. The van der Waals surface area contributed by atoms with E-state index in [4.69, 9.17) is 4.74 Å². The van der Waals surface area contributed by atoms with Crippen molar-refractivity contribution in [2.45, 2.75) is 6.18 Å². The molecule has 0 aliphatic carbocycles. The number of pyridine rings is 1. The number of anilines is 2. The Labute approximate surface area is 142 Å². The maximum absolute atomic E-state index is 12.7. The summed E-state index contributed by atoms with van der Waals surface area (Å²) < 4.78 is 43.4. The number of nitrogens with one attached hydrogen (secondary N) is 2. The molecule has 0 atom stereocenters. The molecule has 1 aromatic heterocycles. The second-order valence-corrected chi connectivity index (χ2v) is 5.59. The van der Waals surface area contributed by atoms with E-state index in [2.05, 4.69) is 15.2 Å². The highest BCUT2D eigenvalue weighted by molar-refractivity contribution is 6.04. The van der Waals surface area contributed by atoms with Crippen molar-refractivity contribution in [3.63, 3.8) is 0 Å². The summed E-state index contributed by atoms with van der Waals surface area (Å²) in [6.45, 7) is 2.80. The molecule has 0 radical (unpaired) electrons. The Morgan fingerprint density at radius 3 is 2.56 bits per heavy atom. The third-order valence-electron chi connectivity index (χ3n) is 3.86. The van der Waals surface area contributed by atoms with Gasteiger partial charge in [-0.3, -0.25) is 9.69 Å². The van der Waals surface area contributed by atoms with E-state index in [-0.39, 0.29) is 5.69 Å². The van der Waals surface area contributed by atoms with E-state index >= 15 is 0 Å². The summed E-state index contributed by atoms with van der Waals surface area (Å²) in [6.07, 6.45) is -2.91. The number of aromatic amines is 1. The number of H-pyrrole nitrogens is 1. The van der Waals surface area contributed by atoms with Crippen molar-refractivity contribution in [2.75, 3.05) is 36.5 Å². The highest BCUT2D eigenvalue weighted by Gasteiger charge is 2.30. The second-order valence-electron chi connectivity index (χ2n) is 5.59. The number of hydrogen-bond donors (Lipinski definition) is 1. The van der Waals surface area contributed by atoms with Crippen LogP contribution in [0.2, 0.25) is 0 Å². The first-order valence-electron chi connectivity index (χ1n) is 7.76. The number of carbonyl (C=O) groups is 1. The van der Waals surface area contributed by atoms with Crippen molar-refractivity contribution in [1.29, 1.82) is 0 Å². The molecular weight excluding hydrogens is 335 g/mol. The third-order valence-corrected chi connectivity index (χ3v) is 3.86. The number of benzene rings is 1. The van der Waals surface area contributed by atoms with E-state index in [0.717, 1.165) is 31.0 Å². The molecule has 25 heavy (non-hydrogen) atoms. The number of morpholine rings is 1. The monoisotopic (exact) mass is 352 g/mol. The van der Waals surface area contributed by atoms with Crippen molar-refractivity contribution in [3.05, 3.63) is 53.7 Å². The van der Waals surface area contributed by atoms with Gasteiger partial charge in [0, 0.05) is 11.8 Å². The largest absolute Gasteiger partial charge is 0.416 e. The Morgan fingerprint density at radius 1 is 1.16 bits per heavy atom. The Balaban J connectivity index is 1.69. The zero-order valence-electron chi connectivity index (χ0n) is 13.3. The lowest BCUT2D eigenvalue weighted by atomic mass is 10.2. The molecule has 0 bridgehead atoms. The maximum Gasteiger partial charge on any atom is 0.416 e. The van der Waals surface area contributed by atoms with Gasteiger partial charge in [0.25, 0.3) is 11.7 Å². The Bertz CT molecular complexity index is 742. The van der Waals surface area contributed by atoms with Gasteiger partial charge in [0.1, 0.15) is 19.3 Å². The number of rotatable bonds is 3. The zero-order chi connectivity index (χ0) is 17.9. The fraction of sp³-hybridized carbons (Fsp3) is 0.294. The SMILES string of the molecule is O=C(Nc1cccc(C(F)(F)F)c1)c1ccc(N2CCOCC2)[nH+]c1. The van der Waals surface area contributed by atoms with Gasteiger partial charge < -0.3 is 10.1 Å². The lowest BCUT2D eigenvalue weighted by Crippen LogP contribution is -2.39. The van der Waals surface area contributed by atoms with Gasteiger partial charge in [0.2, 0.25) is 0 Å². The van der Waals surface area contributed by atoms with Gasteiger partial charge in [-0.1, -0.05) is 6.07 Å². The molecule has 3 rings (SSSR count). The summed E-state index contributed by atoms with van der Waals surface area (Å²) in [4.78, 5) is 17.4. The van der Waals surface area contributed by atoms with Gasteiger partial charge in [-0.15, -0.1) is 0 Å². The minimum absolute atomic E-state index is 0.0945. The lowest BCUT2D eigenvalue weighted by Gasteiger charge is -2.21. The van der Waals surface area contributed by atoms with Crippen molar-refractivity contribution >= 4 is 17.4 Å². The predicted molar refractivity (Wildman–Crippen MR) is 85.4 cm³/mol. The highest BCUT2D eigenvalue weighted by atomic mass is 19.4. The molecule has 1 aliphatic rings. The van der Waals surface area contributed by atoms with Crippen LogP contribution >= 0.6 is 0 Å². The molecule has 0 spiro atoms. The van der Waals surface area contributed by atoms with Crippen molar-refractivity contribution in [3.8, 4) is 0 Å². The van der Waals surface area contributed by atoms with Crippen LogP contribution in [0.1, 0.15) is 15.9 Å². The first-order chi connectivity index (χ1) is 11.9. The van der Waals surface area contributed by atoms with Crippen LogP contribution in [0.25, 0.3) is 0 Å². The van der Waals surface area contributed by atoms with E-state index in [0.29, 0.717) is 18.8 Å². The summed E-state index contributed by atoms with van der Waals surface area (Å²) in [5.74, 6) is 0.378. The highest BCUT2D eigenvalue weighted by Crippen LogP contribution is 2.30. The van der Waals surface area contributed by atoms with E-state index in [1.807, 2.05) is 0 Å². The molecule has 1 fully saturated rings. The number of carbonyl (C=O) groups excluding carboxylic acids is 1. The van der Waals surface area contributed by atoms with Crippen LogP contribution in [-0.2, 0) is 10.9 Å². The average molecular weight is 352 g/mol. The fourth-order valence-electron chi connectivity index (χ4n) is 2.54. The molecule has 1 aromatic carbocycles. The molecule has 0 unspecified atom stereocenters. The number of nitrogens with zero attached hydrogens (tertiary/aromatic N) is 1. The average Bonchev–Trinajstić information content (AvgIpc) is 2.62. The molecule has 1 saturated heterocycles. The third kappa shape index (κ3) is 4.27. The molecule has 132 valence electrons. The summed E-state index contributed by atoms with van der Waals surface area (Å²) in [5, 5.41) is 2.48. The topological polar surface area (TPSA) is 55.7 Å². The lowest BCUT2D eigenvalue weighted by molar-refractivity contribution is -0.364. The van der Waals surface area contributed by atoms with Gasteiger partial charge in [-0.25, -0.2) is 4.98 Å². The van der Waals surface area contributed by atoms with Crippen LogP contribution in [0.5, 0.6) is 0 Å². The number of ether oxygens (including phenoxy) is 1. The first-order valence-corrected chi connectivity index (χ1v) is 7.76. The molecule has 8 heteroatoms. The van der Waals surface area contributed by atoms with Crippen molar-refractivity contribution in [1.82, 2.24) is 0 Å². The van der Waals surface area contributed by atoms with Crippen LogP contribution in [0, 0.1) is 0 Å². The van der Waals surface area contributed by atoms with Crippen molar-refractivity contribution < 1.29 is 27.7 Å². The van der Waals surface area contributed by atoms with Crippen LogP contribution in [-0.4, -0.2) is 32.2 Å². The Kier molecular flexibility index (Phi) is 4.89. The molecule has 0 saturated carbocycles. The summed E-state index contributed by atoms with van der Waals surface area (Å²) in [7, 11) is 0. The maximum atomic E-state index is 12.7. The molecule has 1 amide bonds. The van der Waals surface area contributed by atoms with E-state index in [1.165, 1.54) is 18.3 Å². The smallest absolute Gasteiger partial charge is 0.373 e. The number of aromatic nitrogens is 1. The number of hydrogen-bond acceptors (Lipinski definition) is 3. The van der Waals surface area contributed by atoms with E-state index in [1.54, 1.807) is 12.1 Å². The van der Waals surface area contributed by atoms with Gasteiger partial charge >= 0.3 is 6.18 Å². The van der Waals surface area contributed by atoms with Gasteiger partial charge in [0.05, 0.1) is 24.3 Å². The first kappa shape index (κ1) is 17.2. The number of amides is 1. The molecule has 2 heterocycles. The second kappa shape index (κ2) is 7.10. The van der Waals surface area contributed by atoms with Crippen LogP contribution < -0.4 is 15.2 Å². The quantitative estimate of drug-likeness (QED) is 0.924. The zero-order valence-corrected chi connectivity index (χ0v) is 13.3. The molecule has 2 aromatic rings. The van der Waals surface area contributed by atoms with E-state index in [9.17, 15) is 18.0 Å². The van der Waals surface area contributed by atoms with Crippen LogP contribution in [0.15, 0.2) is 42.6 Å². The van der Waals surface area contributed by atoms with Gasteiger partial charge in [-0.05, 0) is 24.3 Å². The summed E-state index contributed by atoms with van der Waals surface area (Å²) in [5.41, 5.74) is -0.383. The fourth-order valence-corrected chi connectivity index (χ4v) is 2.54. The standard InChI is InChI=1S/C17H16F3N3O2/c18-17(19,20)13-2-1-3-14(10-13)22-16(24)12-4-5-15(21-11-12)23-6-8-25-9-7-23/h1-5,10-11H,6-9H2,(H,22,24)/p+1. The summed E-state index contributed by atoms with van der Waals surface area (Å²) in [6, 6.07) is 7.94. The normalized spacial score (nSPS) is 15.1. The minimum Gasteiger partial charge on any atom is -0.373 e. The molecule has 2 N–H and O–H groups in total. The van der Waals surface area contributed by atoms with Crippen molar-refractivity contribution in [2.24, 2.45) is 0 Å². The van der Waals surface area contributed by atoms with E-state index < -0.39 is 17.6 Å². The van der Waals surface area contributed by atoms with Crippen LogP contribution in [0.3, 0.4) is 0 Å². The molecule has 1 aliphatic heterocycles. The van der Waals surface area contributed by atoms with Gasteiger partial charge in [-0.2, -0.15) is 13.2 Å². The van der Waals surface area contributed by atoms with Crippen LogP contribution in [0.4, 0.5) is 24.7 Å². The Morgan fingerprint density at radius 2 is 1.92 bits per heavy atom. The molecule has 5 nitrogen and oxygen atoms in total. The summed E-state index contributed by atoms with van der Waals surface area (Å²) >= 11 is 0. The Hall–Kier alpha value is -2.61. The minimum atomic E-state index is -4.45.